The lowest BCUT2D eigenvalue weighted by Gasteiger charge is -2.30. The Morgan fingerprint density at radius 2 is 2.00 bits per heavy atom. The molecule has 1 N–H and O–H groups in total. The van der Waals surface area contributed by atoms with Gasteiger partial charge in [0.1, 0.15) is 5.82 Å². The Bertz CT molecular complexity index is 679. The van der Waals surface area contributed by atoms with Crippen molar-refractivity contribution in [2.24, 2.45) is 5.92 Å². The predicted molar refractivity (Wildman–Crippen MR) is 93.5 cm³/mol. The molecule has 0 unspecified atom stereocenters. The van der Waals surface area contributed by atoms with E-state index in [4.69, 9.17) is 0 Å². The number of pyridine rings is 1. The molecule has 23 heavy (non-hydrogen) atoms. The number of aromatic nitrogens is 1. The van der Waals surface area contributed by atoms with Crippen molar-refractivity contribution in [3.05, 3.63) is 53.7 Å². The van der Waals surface area contributed by atoms with Crippen LogP contribution in [0.25, 0.3) is 0 Å². The van der Waals surface area contributed by atoms with Gasteiger partial charge >= 0.3 is 0 Å². The first-order valence-electron chi connectivity index (χ1n) is 8.19. The van der Waals surface area contributed by atoms with Gasteiger partial charge in [0.05, 0.1) is 11.9 Å². The van der Waals surface area contributed by atoms with Gasteiger partial charge in [0.25, 0.3) is 0 Å². The number of hydrogen-bond acceptors (Lipinski definition) is 3. The summed E-state index contributed by atoms with van der Waals surface area (Å²) in [4.78, 5) is 18.5. The van der Waals surface area contributed by atoms with Gasteiger partial charge in [0.15, 0.2) is 0 Å². The molecule has 0 aliphatic carbocycles. The van der Waals surface area contributed by atoms with E-state index in [2.05, 4.69) is 39.5 Å². The molecule has 0 bridgehead atoms. The van der Waals surface area contributed by atoms with Gasteiger partial charge in [-0.15, -0.1) is 0 Å². The number of amides is 1. The molecule has 1 aliphatic heterocycles. The zero-order valence-electron chi connectivity index (χ0n) is 13.7. The molecule has 0 fully saturated rings. The van der Waals surface area contributed by atoms with E-state index in [-0.39, 0.29) is 5.91 Å². The Kier molecular flexibility index (Phi) is 4.60. The number of carbonyl (C=O) groups excluding carboxylic acids is 1. The summed E-state index contributed by atoms with van der Waals surface area (Å²) in [6.07, 6.45) is 3.42. The smallest absolute Gasteiger partial charge is 0.225 e. The van der Waals surface area contributed by atoms with Crippen LogP contribution in [0.3, 0.4) is 0 Å². The maximum absolute atomic E-state index is 11.8. The molecule has 0 spiro atoms. The highest BCUT2D eigenvalue weighted by atomic mass is 16.1. The third-order valence-electron chi connectivity index (χ3n) is 4.10. The van der Waals surface area contributed by atoms with Crippen LogP contribution in [0.15, 0.2) is 42.6 Å². The molecule has 4 heteroatoms. The van der Waals surface area contributed by atoms with Crippen LogP contribution in [-0.2, 0) is 17.8 Å². The second-order valence-corrected chi connectivity index (χ2v) is 6.49. The summed E-state index contributed by atoms with van der Waals surface area (Å²) in [6.45, 7) is 5.98. The monoisotopic (exact) mass is 309 g/mol. The van der Waals surface area contributed by atoms with E-state index in [0.29, 0.717) is 18.2 Å². The summed E-state index contributed by atoms with van der Waals surface area (Å²) in [6, 6.07) is 12.5. The van der Waals surface area contributed by atoms with E-state index < -0.39 is 0 Å². The zero-order valence-corrected chi connectivity index (χ0v) is 13.7. The van der Waals surface area contributed by atoms with E-state index >= 15 is 0 Å². The van der Waals surface area contributed by atoms with E-state index in [0.717, 1.165) is 25.2 Å². The van der Waals surface area contributed by atoms with Crippen molar-refractivity contribution in [3.63, 3.8) is 0 Å². The van der Waals surface area contributed by atoms with E-state index in [1.807, 2.05) is 32.2 Å². The van der Waals surface area contributed by atoms with Crippen LogP contribution in [0.4, 0.5) is 11.5 Å². The fraction of sp³-hybridized carbons (Fsp3) is 0.368. The van der Waals surface area contributed by atoms with Crippen LogP contribution in [0.5, 0.6) is 0 Å². The molecule has 4 nitrogen and oxygen atoms in total. The summed E-state index contributed by atoms with van der Waals surface area (Å²) in [5.41, 5.74) is 3.92. The maximum Gasteiger partial charge on any atom is 0.225 e. The first-order valence-corrected chi connectivity index (χ1v) is 8.19. The molecule has 1 amide bonds. The van der Waals surface area contributed by atoms with Crippen LogP contribution in [0, 0.1) is 5.92 Å². The Morgan fingerprint density at radius 3 is 2.70 bits per heavy atom. The van der Waals surface area contributed by atoms with E-state index in [1.165, 1.54) is 11.1 Å². The number of benzene rings is 1. The zero-order chi connectivity index (χ0) is 16.2. The van der Waals surface area contributed by atoms with Crippen LogP contribution in [-0.4, -0.2) is 17.4 Å². The van der Waals surface area contributed by atoms with Gasteiger partial charge in [-0.3, -0.25) is 4.79 Å². The third kappa shape index (κ3) is 3.89. The average molecular weight is 309 g/mol. The molecular formula is C19H23N3O. The Hall–Kier alpha value is -2.36. The number of carbonyl (C=O) groups is 1. The van der Waals surface area contributed by atoms with E-state index in [9.17, 15) is 4.79 Å². The second-order valence-electron chi connectivity index (χ2n) is 6.49. The number of anilines is 2. The summed E-state index contributed by atoms with van der Waals surface area (Å²) >= 11 is 0. The Balaban J connectivity index is 1.65. The van der Waals surface area contributed by atoms with Gasteiger partial charge in [-0.1, -0.05) is 38.1 Å². The van der Waals surface area contributed by atoms with Gasteiger partial charge in [0.2, 0.25) is 5.91 Å². The SMILES string of the molecule is CC(C)CC(=O)Nc1ccc(N2CCc3ccccc3C2)cn1. The highest BCUT2D eigenvalue weighted by Gasteiger charge is 2.16. The van der Waals surface area contributed by atoms with Gasteiger partial charge in [-0.2, -0.15) is 0 Å². The van der Waals surface area contributed by atoms with Crippen molar-refractivity contribution in [3.8, 4) is 0 Å². The molecule has 0 atom stereocenters. The maximum atomic E-state index is 11.8. The standard InChI is InChI=1S/C19H23N3O/c1-14(2)11-19(23)21-18-8-7-17(12-20-18)22-10-9-15-5-3-4-6-16(15)13-22/h3-8,12,14H,9-11,13H2,1-2H3,(H,20,21,23). The second kappa shape index (κ2) is 6.82. The summed E-state index contributed by atoms with van der Waals surface area (Å²) < 4.78 is 0. The third-order valence-corrected chi connectivity index (χ3v) is 4.10. The molecule has 1 aromatic carbocycles. The van der Waals surface area contributed by atoms with Gasteiger partial charge in [0, 0.05) is 19.5 Å². The lowest BCUT2D eigenvalue weighted by atomic mass is 10.00. The lowest BCUT2D eigenvalue weighted by Crippen LogP contribution is -2.30. The summed E-state index contributed by atoms with van der Waals surface area (Å²) in [7, 11) is 0. The molecule has 1 aliphatic rings. The number of hydrogen-bond donors (Lipinski definition) is 1. The van der Waals surface area contributed by atoms with Crippen molar-refractivity contribution in [1.82, 2.24) is 4.98 Å². The van der Waals surface area contributed by atoms with Crippen molar-refractivity contribution in [2.45, 2.75) is 33.2 Å². The highest BCUT2D eigenvalue weighted by Crippen LogP contribution is 2.24. The van der Waals surface area contributed by atoms with Crippen molar-refractivity contribution >= 4 is 17.4 Å². The van der Waals surface area contributed by atoms with Crippen LogP contribution >= 0.6 is 0 Å². The first kappa shape index (κ1) is 15.5. The minimum absolute atomic E-state index is 0.0205. The summed E-state index contributed by atoms with van der Waals surface area (Å²) in [5.74, 6) is 0.992. The molecule has 2 heterocycles. The average Bonchev–Trinajstić information content (AvgIpc) is 2.54. The molecule has 1 aromatic heterocycles. The molecular weight excluding hydrogens is 286 g/mol. The number of nitrogens with zero attached hydrogens (tertiary/aromatic N) is 2. The number of rotatable bonds is 4. The highest BCUT2D eigenvalue weighted by molar-refractivity contribution is 5.89. The molecule has 0 saturated carbocycles. The minimum Gasteiger partial charge on any atom is -0.366 e. The minimum atomic E-state index is 0.0205. The molecule has 120 valence electrons. The topological polar surface area (TPSA) is 45.2 Å². The van der Waals surface area contributed by atoms with Gasteiger partial charge < -0.3 is 10.2 Å². The van der Waals surface area contributed by atoms with Crippen LogP contribution in [0.1, 0.15) is 31.4 Å². The molecule has 0 saturated heterocycles. The first-order chi connectivity index (χ1) is 11.1. The molecule has 0 radical (unpaired) electrons. The number of fused-ring (bicyclic) bond motifs is 1. The van der Waals surface area contributed by atoms with Gasteiger partial charge in [-0.25, -0.2) is 4.98 Å². The van der Waals surface area contributed by atoms with Crippen molar-refractivity contribution in [2.75, 3.05) is 16.8 Å². The predicted octanol–water partition coefficient (Wildman–Crippen LogP) is 3.63. The van der Waals surface area contributed by atoms with Crippen LogP contribution < -0.4 is 10.2 Å². The lowest BCUT2D eigenvalue weighted by molar-refractivity contribution is -0.116. The number of nitrogens with one attached hydrogen (secondary N) is 1. The van der Waals surface area contributed by atoms with E-state index in [1.54, 1.807) is 0 Å². The molecule has 3 rings (SSSR count). The van der Waals surface area contributed by atoms with Crippen LogP contribution in [0.2, 0.25) is 0 Å². The normalized spacial score (nSPS) is 13.8. The van der Waals surface area contributed by atoms with Gasteiger partial charge in [-0.05, 0) is 35.6 Å². The Labute approximate surface area is 137 Å². The largest absolute Gasteiger partial charge is 0.366 e. The fourth-order valence-corrected chi connectivity index (χ4v) is 2.93. The summed E-state index contributed by atoms with van der Waals surface area (Å²) in [5, 5.41) is 2.85. The van der Waals surface area contributed by atoms with Crippen molar-refractivity contribution in [1.29, 1.82) is 0 Å². The quantitative estimate of drug-likeness (QED) is 0.938. The Morgan fingerprint density at radius 1 is 1.22 bits per heavy atom. The van der Waals surface area contributed by atoms with Crippen molar-refractivity contribution < 1.29 is 4.79 Å². The fourth-order valence-electron chi connectivity index (χ4n) is 2.93. The molecule has 2 aromatic rings.